The number of benzene rings is 1. The Balaban J connectivity index is 1.67. The molecule has 30 heavy (non-hydrogen) atoms. The van der Waals surface area contributed by atoms with Gasteiger partial charge in [-0.2, -0.15) is 5.26 Å². The van der Waals surface area contributed by atoms with Crippen LogP contribution < -0.4 is 10.6 Å². The summed E-state index contributed by atoms with van der Waals surface area (Å²) in [4.78, 5) is 44.8. The number of H-pyrrole nitrogens is 1. The van der Waals surface area contributed by atoms with Crippen LogP contribution in [0.25, 0.3) is 11.0 Å². The number of imidazole rings is 1. The molecule has 158 valence electrons. The van der Waals surface area contributed by atoms with Crippen LogP contribution in [0.4, 0.5) is 0 Å². The summed E-state index contributed by atoms with van der Waals surface area (Å²) in [6.07, 6.45) is 1.46. The number of Topliss-reactive ketones (excluding diaryl/α,β-unsaturated/α-hetero) is 1. The van der Waals surface area contributed by atoms with E-state index in [4.69, 9.17) is 0 Å². The van der Waals surface area contributed by atoms with Crippen molar-refractivity contribution in [1.29, 1.82) is 5.26 Å². The molecule has 0 spiro atoms. The smallest absolute Gasteiger partial charge is 0.224 e. The first-order valence-corrected chi connectivity index (χ1v) is 10.3. The summed E-state index contributed by atoms with van der Waals surface area (Å²) in [6.45, 7) is 4.56. The lowest BCUT2D eigenvalue weighted by Crippen LogP contribution is -2.41. The van der Waals surface area contributed by atoms with E-state index >= 15 is 0 Å². The molecule has 1 aliphatic rings. The van der Waals surface area contributed by atoms with Gasteiger partial charge in [-0.15, -0.1) is 0 Å². The molecule has 3 N–H and O–H groups in total. The number of aromatic amines is 1. The van der Waals surface area contributed by atoms with Gasteiger partial charge in [-0.3, -0.25) is 14.4 Å². The Bertz CT molecular complexity index is 942. The van der Waals surface area contributed by atoms with E-state index in [1.54, 1.807) is 0 Å². The molecule has 3 rings (SSSR count). The molecule has 1 aromatic heterocycles. The number of nitriles is 1. The molecule has 2 amide bonds. The van der Waals surface area contributed by atoms with Gasteiger partial charge in [0.15, 0.2) is 11.6 Å². The van der Waals surface area contributed by atoms with Gasteiger partial charge in [0, 0.05) is 24.8 Å². The second-order valence-electron chi connectivity index (χ2n) is 8.26. The Morgan fingerprint density at radius 3 is 2.73 bits per heavy atom. The molecule has 1 saturated heterocycles. The number of carbonyl (C=O) groups is 3. The van der Waals surface area contributed by atoms with E-state index in [0.29, 0.717) is 24.9 Å². The normalized spacial score (nSPS) is 18.1. The highest BCUT2D eigenvalue weighted by molar-refractivity contribution is 5.98. The number of amides is 2. The van der Waals surface area contributed by atoms with Crippen LogP contribution in [-0.4, -0.2) is 40.2 Å². The molecule has 3 atom stereocenters. The SMILES string of the molecule is CC(C)C[C@H](CC(=O)c1nc2ccccc2[nH]1)C(=O)N[C@H](C#N)C[C@@H]1CCNC1=O. The molecule has 0 unspecified atom stereocenters. The molecule has 1 aliphatic heterocycles. The summed E-state index contributed by atoms with van der Waals surface area (Å²) in [5.41, 5.74) is 1.47. The van der Waals surface area contributed by atoms with Gasteiger partial charge in [0.2, 0.25) is 11.8 Å². The maximum absolute atomic E-state index is 12.9. The summed E-state index contributed by atoms with van der Waals surface area (Å²) in [5.74, 6) is -1.06. The molecular weight excluding hydrogens is 382 g/mol. The second-order valence-corrected chi connectivity index (χ2v) is 8.26. The molecule has 1 fully saturated rings. The van der Waals surface area contributed by atoms with Crippen LogP contribution in [0.5, 0.6) is 0 Å². The van der Waals surface area contributed by atoms with Crippen molar-refractivity contribution in [1.82, 2.24) is 20.6 Å². The zero-order valence-electron chi connectivity index (χ0n) is 17.3. The Hall–Kier alpha value is -3.21. The first kappa shape index (κ1) is 21.5. The number of fused-ring (bicyclic) bond motifs is 1. The van der Waals surface area contributed by atoms with Crippen molar-refractivity contribution in [2.45, 2.75) is 45.6 Å². The van der Waals surface area contributed by atoms with Gasteiger partial charge in [0.1, 0.15) is 6.04 Å². The van der Waals surface area contributed by atoms with Gasteiger partial charge in [-0.25, -0.2) is 4.98 Å². The minimum atomic E-state index is -0.762. The van der Waals surface area contributed by atoms with Gasteiger partial charge < -0.3 is 15.6 Å². The number of carbonyl (C=O) groups excluding carboxylic acids is 3. The Morgan fingerprint density at radius 2 is 2.10 bits per heavy atom. The number of para-hydroxylation sites is 2. The van der Waals surface area contributed by atoms with Crippen LogP contribution in [0.1, 0.15) is 50.1 Å². The third-order valence-electron chi connectivity index (χ3n) is 5.37. The predicted molar refractivity (Wildman–Crippen MR) is 111 cm³/mol. The average molecular weight is 409 g/mol. The standard InChI is InChI=1S/C22H27N5O3/c1-13(2)9-15(11-19(28)20-26-17-5-3-4-6-18(17)27-20)22(30)25-16(12-23)10-14-7-8-24-21(14)29/h3-6,13-16H,7-11H2,1-2H3,(H,24,29)(H,25,30)(H,26,27)/t14-,15+,16-/m0/s1. The van der Waals surface area contributed by atoms with Gasteiger partial charge in [0.25, 0.3) is 0 Å². The van der Waals surface area contributed by atoms with E-state index in [9.17, 15) is 19.6 Å². The summed E-state index contributed by atoms with van der Waals surface area (Å²) in [6, 6.07) is 8.68. The summed E-state index contributed by atoms with van der Waals surface area (Å²) < 4.78 is 0. The van der Waals surface area contributed by atoms with Gasteiger partial charge in [-0.1, -0.05) is 26.0 Å². The lowest BCUT2D eigenvalue weighted by Gasteiger charge is -2.21. The quantitative estimate of drug-likeness (QED) is 0.548. The predicted octanol–water partition coefficient (Wildman–Crippen LogP) is 2.33. The molecular formula is C22H27N5O3. The molecule has 0 aliphatic carbocycles. The Kier molecular flexibility index (Phi) is 6.83. The molecule has 0 saturated carbocycles. The van der Waals surface area contributed by atoms with E-state index in [2.05, 4.69) is 26.7 Å². The molecule has 8 nitrogen and oxygen atoms in total. The number of aromatic nitrogens is 2. The van der Waals surface area contributed by atoms with E-state index < -0.39 is 12.0 Å². The number of ketones is 1. The molecule has 0 radical (unpaired) electrons. The highest BCUT2D eigenvalue weighted by Gasteiger charge is 2.30. The molecule has 1 aromatic carbocycles. The molecule has 0 bridgehead atoms. The van der Waals surface area contributed by atoms with Crippen LogP contribution in [0.15, 0.2) is 24.3 Å². The van der Waals surface area contributed by atoms with Crippen LogP contribution in [-0.2, 0) is 9.59 Å². The van der Waals surface area contributed by atoms with Gasteiger partial charge in [0.05, 0.1) is 17.1 Å². The fourth-order valence-corrected chi connectivity index (χ4v) is 3.85. The van der Waals surface area contributed by atoms with Crippen molar-refractivity contribution in [2.75, 3.05) is 6.54 Å². The highest BCUT2D eigenvalue weighted by Crippen LogP contribution is 2.21. The maximum atomic E-state index is 12.9. The lowest BCUT2D eigenvalue weighted by atomic mass is 9.90. The Morgan fingerprint density at radius 1 is 1.33 bits per heavy atom. The van der Waals surface area contributed by atoms with Crippen molar-refractivity contribution in [3.63, 3.8) is 0 Å². The molecule has 8 heteroatoms. The first-order valence-electron chi connectivity index (χ1n) is 10.3. The van der Waals surface area contributed by atoms with Crippen LogP contribution >= 0.6 is 0 Å². The van der Waals surface area contributed by atoms with Gasteiger partial charge in [-0.05, 0) is 37.3 Å². The minimum Gasteiger partial charge on any atom is -0.356 e. The van der Waals surface area contributed by atoms with Crippen molar-refractivity contribution in [3.8, 4) is 6.07 Å². The molecule has 2 heterocycles. The third-order valence-corrected chi connectivity index (χ3v) is 5.37. The van der Waals surface area contributed by atoms with Crippen molar-refractivity contribution in [2.24, 2.45) is 17.8 Å². The van der Waals surface area contributed by atoms with E-state index in [1.807, 2.05) is 38.1 Å². The van der Waals surface area contributed by atoms with Crippen LogP contribution in [0, 0.1) is 29.1 Å². The van der Waals surface area contributed by atoms with Crippen LogP contribution in [0.3, 0.4) is 0 Å². The third kappa shape index (κ3) is 5.23. The number of nitrogens with one attached hydrogen (secondary N) is 3. The highest BCUT2D eigenvalue weighted by atomic mass is 16.2. The average Bonchev–Trinajstić information content (AvgIpc) is 3.32. The van der Waals surface area contributed by atoms with Crippen molar-refractivity contribution in [3.05, 3.63) is 30.1 Å². The fraction of sp³-hybridized carbons (Fsp3) is 0.500. The topological polar surface area (TPSA) is 128 Å². The summed E-state index contributed by atoms with van der Waals surface area (Å²) in [7, 11) is 0. The zero-order valence-corrected chi connectivity index (χ0v) is 17.3. The second kappa shape index (κ2) is 9.53. The first-order chi connectivity index (χ1) is 14.4. The van der Waals surface area contributed by atoms with Crippen molar-refractivity contribution >= 4 is 28.6 Å². The van der Waals surface area contributed by atoms with Crippen molar-refractivity contribution < 1.29 is 14.4 Å². The largest absolute Gasteiger partial charge is 0.356 e. The molecule has 2 aromatic rings. The number of hydrogen-bond acceptors (Lipinski definition) is 5. The van der Waals surface area contributed by atoms with Gasteiger partial charge >= 0.3 is 0 Å². The maximum Gasteiger partial charge on any atom is 0.224 e. The monoisotopic (exact) mass is 409 g/mol. The minimum absolute atomic E-state index is 0.00585. The Labute approximate surface area is 175 Å². The number of rotatable bonds is 9. The van der Waals surface area contributed by atoms with E-state index in [0.717, 1.165) is 5.52 Å². The number of hydrogen-bond donors (Lipinski definition) is 3. The lowest BCUT2D eigenvalue weighted by molar-refractivity contribution is -0.127. The zero-order chi connectivity index (χ0) is 21.7. The number of nitrogens with zero attached hydrogens (tertiary/aromatic N) is 2. The van der Waals surface area contributed by atoms with Crippen LogP contribution in [0.2, 0.25) is 0 Å². The van der Waals surface area contributed by atoms with E-state index in [-0.39, 0.29) is 48.1 Å². The fourth-order valence-electron chi connectivity index (χ4n) is 3.85. The van der Waals surface area contributed by atoms with E-state index in [1.165, 1.54) is 0 Å². The summed E-state index contributed by atoms with van der Waals surface area (Å²) >= 11 is 0. The summed E-state index contributed by atoms with van der Waals surface area (Å²) in [5, 5.41) is 14.9.